The Balaban J connectivity index is 2.03. The van der Waals surface area contributed by atoms with Crippen molar-refractivity contribution in [2.24, 2.45) is 4.99 Å². The Morgan fingerprint density at radius 1 is 1.22 bits per heavy atom. The molecule has 27 heavy (non-hydrogen) atoms. The molecule has 2 aromatic carbocycles. The average Bonchev–Trinajstić information content (AvgIpc) is 2.71. The van der Waals surface area contributed by atoms with E-state index in [2.05, 4.69) is 33.2 Å². The van der Waals surface area contributed by atoms with Crippen LogP contribution < -0.4 is 10.6 Å². The second-order valence-corrected chi connectivity index (χ2v) is 8.76. The van der Waals surface area contributed by atoms with Gasteiger partial charge in [0.25, 0.3) is 0 Å². The number of anilines is 1. The molecule has 0 saturated heterocycles. The molecule has 7 heteroatoms. The first-order valence-corrected chi connectivity index (χ1v) is 9.95. The van der Waals surface area contributed by atoms with Crippen LogP contribution in [0.25, 0.3) is 0 Å². The first kappa shape index (κ1) is 19.8. The highest BCUT2D eigenvalue weighted by atomic mass is 127. The topological polar surface area (TPSA) is 62.7 Å². The van der Waals surface area contributed by atoms with E-state index < -0.39 is 17.9 Å². The fourth-order valence-corrected chi connectivity index (χ4v) is 3.34. The Bertz CT molecular complexity index is 907. The third kappa shape index (κ3) is 5.04. The van der Waals surface area contributed by atoms with E-state index >= 15 is 0 Å². The first-order chi connectivity index (χ1) is 12.7. The van der Waals surface area contributed by atoms with Crippen molar-refractivity contribution in [3.8, 4) is 0 Å². The zero-order valence-corrected chi connectivity index (χ0v) is 18.2. The van der Waals surface area contributed by atoms with E-state index in [-0.39, 0.29) is 0 Å². The Hall–Kier alpha value is -2.00. The number of alkyl carbamates (subject to hydrolysis) is 1. The highest BCUT2D eigenvalue weighted by Gasteiger charge is 2.26. The SMILES string of the molecule is CC(C)(C)OC(=O)NC1N=C(c2ccccc2)c2cc(I)ccc2NC1=S. The molecule has 1 amide bonds. The van der Waals surface area contributed by atoms with Crippen LogP contribution in [0.2, 0.25) is 0 Å². The summed E-state index contributed by atoms with van der Waals surface area (Å²) < 4.78 is 6.44. The zero-order chi connectivity index (χ0) is 19.6. The lowest BCUT2D eigenvalue weighted by Crippen LogP contribution is -2.43. The van der Waals surface area contributed by atoms with E-state index in [4.69, 9.17) is 21.9 Å². The minimum Gasteiger partial charge on any atom is -0.444 e. The van der Waals surface area contributed by atoms with E-state index in [1.807, 2.05) is 69.3 Å². The molecule has 0 saturated carbocycles. The quantitative estimate of drug-likeness (QED) is 0.469. The van der Waals surface area contributed by atoms with Gasteiger partial charge in [0.15, 0.2) is 6.17 Å². The molecule has 0 bridgehead atoms. The number of aliphatic imine (C=N–C) groups is 1. The molecule has 1 unspecified atom stereocenters. The summed E-state index contributed by atoms with van der Waals surface area (Å²) in [6, 6.07) is 15.9. The van der Waals surface area contributed by atoms with Crippen molar-refractivity contribution in [3.63, 3.8) is 0 Å². The summed E-state index contributed by atoms with van der Waals surface area (Å²) in [5.74, 6) is 0. The van der Waals surface area contributed by atoms with Crippen LogP contribution in [0.3, 0.4) is 0 Å². The number of rotatable bonds is 2. The van der Waals surface area contributed by atoms with Crippen molar-refractivity contribution in [2.75, 3.05) is 5.32 Å². The predicted molar refractivity (Wildman–Crippen MR) is 121 cm³/mol. The molecule has 0 fully saturated rings. The van der Waals surface area contributed by atoms with Crippen molar-refractivity contribution >= 4 is 57.3 Å². The molecule has 0 radical (unpaired) electrons. The van der Waals surface area contributed by atoms with E-state index in [9.17, 15) is 4.79 Å². The first-order valence-electron chi connectivity index (χ1n) is 8.46. The second kappa shape index (κ2) is 7.93. The van der Waals surface area contributed by atoms with Crippen LogP contribution in [0.1, 0.15) is 31.9 Å². The molecule has 0 spiro atoms. The normalized spacial score (nSPS) is 16.5. The van der Waals surface area contributed by atoms with Crippen molar-refractivity contribution in [1.82, 2.24) is 5.32 Å². The molecule has 0 aliphatic carbocycles. The number of hydrogen-bond donors (Lipinski definition) is 2. The van der Waals surface area contributed by atoms with E-state index in [1.165, 1.54) is 0 Å². The van der Waals surface area contributed by atoms with Crippen LogP contribution >= 0.6 is 34.8 Å². The number of carbonyl (C=O) groups excluding carboxylic acids is 1. The lowest BCUT2D eigenvalue weighted by atomic mass is 10.0. The third-order valence-electron chi connectivity index (χ3n) is 3.70. The molecular formula is C20H20IN3O2S. The highest BCUT2D eigenvalue weighted by molar-refractivity contribution is 14.1. The van der Waals surface area contributed by atoms with Crippen LogP contribution in [0, 0.1) is 3.57 Å². The van der Waals surface area contributed by atoms with Crippen molar-refractivity contribution in [3.05, 3.63) is 63.2 Å². The van der Waals surface area contributed by atoms with E-state index in [0.29, 0.717) is 4.99 Å². The van der Waals surface area contributed by atoms with Gasteiger partial charge < -0.3 is 10.1 Å². The molecule has 5 nitrogen and oxygen atoms in total. The number of hydrogen-bond acceptors (Lipinski definition) is 4. The van der Waals surface area contributed by atoms with Crippen LogP contribution in [-0.4, -0.2) is 28.6 Å². The maximum atomic E-state index is 12.3. The number of amides is 1. The minimum absolute atomic E-state index is 0.411. The van der Waals surface area contributed by atoms with Crippen LogP contribution in [0.15, 0.2) is 53.5 Å². The van der Waals surface area contributed by atoms with Gasteiger partial charge in [-0.05, 0) is 61.6 Å². The number of thiocarbonyl (C=S) groups is 1. The van der Waals surface area contributed by atoms with Gasteiger partial charge in [0.05, 0.1) is 5.71 Å². The van der Waals surface area contributed by atoms with Gasteiger partial charge >= 0.3 is 6.09 Å². The largest absolute Gasteiger partial charge is 0.444 e. The van der Waals surface area contributed by atoms with Gasteiger partial charge in [-0.3, -0.25) is 10.3 Å². The van der Waals surface area contributed by atoms with E-state index in [0.717, 1.165) is 26.1 Å². The number of benzodiazepines with no additional fused rings is 1. The van der Waals surface area contributed by atoms with Gasteiger partial charge in [-0.1, -0.05) is 42.5 Å². The lowest BCUT2D eigenvalue weighted by Gasteiger charge is -2.22. The third-order valence-corrected chi connectivity index (χ3v) is 4.70. The Morgan fingerprint density at radius 3 is 2.59 bits per heavy atom. The number of benzene rings is 2. The number of ether oxygens (including phenoxy) is 1. The van der Waals surface area contributed by atoms with Gasteiger partial charge in [-0.15, -0.1) is 0 Å². The van der Waals surface area contributed by atoms with Crippen molar-refractivity contribution in [2.45, 2.75) is 32.5 Å². The molecular weight excluding hydrogens is 473 g/mol. The maximum Gasteiger partial charge on any atom is 0.409 e. The molecule has 1 aliphatic rings. The van der Waals surface area contributed by atoms with Crippen LogP contribution in [-0.2, 0) is 4.74 Å². The van der Waals surface area contributed by atoms with Crippen molar-refractivity contribution in [1.29, 1.82) is 0 Å². The summed E-state index contributed by atoms with van der Waals surface area (Å²) >= 11 is 7.76. The molecule has 1 heterocycles. The molecule has 3 rings (SSSR count). The fraction of sp³-hybridized carbons (Fsp3) is 0.250. The highest BCUT2D eigenvalue weighted by Crippen LogP contribution is 2.26. The average molecular weight is 493 g/mol. The Labute approximate surface area is 177 Å². The number of fused-ring (bicyclic) bond motifs is 1. The molecule has 1 aliphatic heterocycles. The lowest BCUT2D eigenvalue weighted by molar-refractivity contribution is 0.0520. The maximum absolute atomic E-state index is 12.3. The number of carbonyl (C=O) groups is 1. The molecule has 2 aromatic rings. The smallest absolute Gasteiger partial charge is 0.409 e. The summed E-state index contributed by atoms with van der Waals surface area (Å²) in [5.41, 5.74) is 2.90. The number of halogens is 1. The number of nitrogens with zero attached hydrogens (tertiary/aromatic N) is 1. The fourth-order valence-electron chi connectivity index (χ4n) is 2.62. The van der Waals surface area contributed by atoms with Gasteiger partial charge in [0.1, 0.15) is 10.6 Å². The molecule has 0 aromatic heterocycles. The summed E-state index contributed by atoms with van der Waals surface area (Å²) in [6.45, 7) is 5.44. The van der Waals surface area contributed by atoms with Gasteiger partial charge in [0.2, 0.25) is 0 Å². The minimum atomic E-state index is -0.727. The van der Waals surface area contributed by atoms with Crippen LogP contribution in [0.4, 0.5) is 10.5 Å². The van der Waals surface area contributed by atoms with Crippen LogP contribution in [0.5, 0.6) is 0 Å². The summed E-state index contributed by atoms with van der Waals surface area (Å²) in [4.78, 5) is 17.5. The zero-order valence-electron chi connectivity index (χ0n) is 15.2. The van der Waals surface area contributed by atoms with E-state index in [1.54, 1.807) is 0 Å². The second-order valence-electron chi connectivity index (χ2n) is 7.07. The molecule has 1 atom stereocenters. The molecule has 140 valence electrons. The Morgan fingerprint density at radius 2 is 1.93 bits per heavy atom. The van der Waals surface area contributed by atoms with Gasteiger partial charge in [-0.2, -0.15) is 0 Å². The summed E-state index contributed by atoms with van der Waals surface area (Å²) in [7, 11) is 0. The molecule has 2 N–H and O–H groups in total. The van der Waals surface area contributed by atoms with Crippen molar-refractivity contribution < 1.29 is 9.53 Å². The monoisotopic (exact) mass is 493 g/mol. The summed E-state index contributed by atoms with van der Waals surface area (Å²) in [6.07, 6.45) is -1.29. The summed E-state index contributed by atoms with van der Waals surface area (Å²) in [5, 5.41) is 5.97. The predicted octanol–water partition coefficient (Wildman–Crippen LogP) is 4.73. The Kier molecular flexibility index (Phi) is 5.81. The van der Waals surface area contributed by atoms with Gasteiger partial charge in [0, 0.05) is 20.4 Å². The van der Waals surface area contributed by atoms with Gasteiger partial charge in [-0.25, -0.2) is 4.79 Å². The standard InChI is InChI=1S/C20H20IN3O2S/c1-20(2,3)26-19(25)24-17-18(27)22-15-10-9-13(21)11-14(15)16(23-17)12-7-5-4-6-8-12/h4-11,17H,1-3H3,(H,22,27)(H,24,25). The number of nitrogens with one attached hydrogen (secondary N) is 2.